The normalized spacial score (nSPS) is 11.2. The SMILES string of the molecule is CCN(Cc1ccc(C(=O)N(C)C)cc1)C(=O)CCc1ccc(S(=O)(=O)NC)cc1. The monoisotopic (exact) mass is 431 g/mol. The maximum absolute atomic E-state index is 12.6. The zero-order valence-corrected chi connectivity index (χ0v) is 18.7. The minimum atomic E-state index is -3.46. The van der Waals surface area contributed by atoms with Crippen LogP contribution in [0, 0.1) is 0 Å². The molecule has 1 N–H and O–H groups in total. The zero-order valence-electron chi connectivity index (χ0n) is 17.9. The Morgan fingerprint density at radius 2 is 1.50 bits per heavy atom. The first-order valence-electron chi connectivity index (χ1n) is 9.78. The van der Waals surface area contributed by atoms with E-state index in [1.54, 1.807) is 55.4 Å². The summed E-state index contributed by atoms with van der Waals surface area (Å²) in [6.45, 7) is 2.99. The molecule has 0 saturated heterocycles. The molecule has 0 spiro atoms. The highest BCUT2D eigenvalue weighted by Gasteiger charge is 2.14. The van der Waals surface area contributed by atoms with Crippen molar-refractivity contribution in [2.45, 2.75) is 31.2 Å². The van der Waals surface area contributed by atoms with Crippen molar-refractivity contribution in [3.63, 3.8) is 0 Å². The lowest BCUT2D eigenvalue weighted by Crippen LogP contribution is -2.30. The molecule has 8 heteroatoms. The van der Waals surface area contributed by atoms with Crippen LogP contribution in [0.25, 0.3) is 0 Å². The van der Waals surface area contributed by atoms with Crippen molar-refractivity contribution in [2.75, 3.05) is 27.7 Å². The molecule has 0 atom stereocenters. The van der Waals surface area contributed by atoms with Gasteiger partial charge in [-0.05, 0) is 55.8 Å². The first kappa shape index (κ1) is 23.6. The largest absolute Gasteiger partial charge is 0.345 e. The molecule has 7 nitrogen and oxygen atoms in total. The minimum absolute atomic E-state index is 0.0258. The van der Waals surface area contributed by atoms with E-state index in [1.807, 2.05) is 19.1 Å². The van der Waals surface area contributed by atoms with Crippen LogP contribution in [0.2, 0.25) is 0 Å². The molecular formula is C22H29N3O4S. The van der Waals surface area contributed by atoms with Gasteiger partial charge in [0.1, 0.15) is 0 Å². The second-order valence-electron chi connectivity index (χ2n) is 7.16. The maximum atomic E-state index is 12.6. The molecular weight excluding hydrogens is 402 g/mol. The topological polar surface area (TPSA) is 86.8 Å². The molecule has 2 aromatic carbocycles. The summed E-state index contributed by atoms with van der Waals surface area (Å²) in [5.74, 6) is -0.0311. The van der Waals surface area contributed by atoms with Gasteiger partial charge >= 0.3 is 0 Å². The van der Waals surface area contributed by atoms with Crippen molar-refractivity contribution < 1.29 is 18.0 Å². The molecule has 162 valence electrons. The Kier molecular flexibility index (Phi) is 8.14. The smallest absolute Gasteiger partial charge is 0.253 e. The third-order valence-corrected chi connectivity index (χ3v) is 6.28. The molecule has 30 heavy (non-hydrogen) atoms. The van der Waals surface area contributed by atoms with E-state index in [0.717, 1.165) is 11.1 Å². The lowest BCUT2D eigenvalue weighted by Gasteiger charge is -2.21. The van der Waals surface area contributed by atoms with Gasteiger partial charge in [0.2, 0.25) is 15.9 Å². The molecule has 0 bridgehead atoms. The van der Waals surface area contributed by atoms with Gasteiger partial charge < -0.3 is 9.80 Å². The summed E-state index contributed by atoms with van der Waals surface area (Å²) in [6, 6.07) is 13.8. The van der Waals surface area contributed by atoms with Crippen molar-refractivity contribution in [1.82, 2.24) is 14.5 Å². The molecule has 2 rings (SSSR count). The molecule has 0 radical (unpaired) electrons. The number of benzene rings is 2. The highest BCUT2D eigenvalue weighted by molar-refractivity contribution is 7.89. The molecule has 2 amide bonds. The van der Waals surface area contributed by atoms with Crippen LogP contribution in [0.15, 0.2) is 53.4 Å². The van der Waals surface area contributed by atoms with Gasteiger partial charge in [-0.1, -0.05) is 24.3 Å². The van der Waals surface area contributed by atoms with E-state index in [0.29, 0.717) is 31.5 Å². The number of nitrogens with zero attached hydrogens (tertiary/aromatic N) is 2. The van der Waals surface area contributed by atoms with Crippen LogP contribution in [0.4, 0.5) is 0 Å². The second kappa shape index (κ2) is 10.4. The number of carbonyl (C=O) groups excluding carboxylic acids is 2. The molecule has 0 aliphatic rings. The summed E-state index contributed by atoms with van der Waals surface area (Å²) < 4.78 is 25.8. The van der Waals surface area contributed by atoms with Gasteiger partial charge in [0.15, 0.2) is 0 Å². The first-order chi connectivity index (χ1) is 14.2. The second-order valence-corrected chi connectivity index (χ2v) is 9.04. The van der Waals surface area contributed by atoms with Crippen molar-refractivity contribution in [3.8, 4) is 0 Å². The molecule has 0 saturated carbocycles. The Hall–Kier alpha value is -2.71. The molecule has 0 fully saturated rings. The predicted molar refractivity (Wildman–Crippen MR) is 117 cm³/mol. The first-order valence-corrected chi connectivity index (χ1v) is 11.3. The van der Waals surface area contributed by atoms with Crippen molar-refractivity contribution in [3.05, 3.63) is 65.2 Å². The number of hydrogen-bond acceptors (Lipinski definition) is 4. The molecule has 0 aliphatic heterocycles. The summed E-state index contributed by atoms with van der Waals surface area (Å²) >= 11 is 0. The summed E-state index contributed by atoms with van der Waals surface area (Å²) in [5, 5.41) is 0. The number of hydrogen-bond donors (Lipinski definition) is 1. The van der Waals surface area contributed by atoms with E-state index >= 15 is 0 Å². The van der Waals surface area contributed by atoms with Gasteiger partial charge in [-0.15, -0.1) is 0 Å². The Labute approximate surface area is 178 Å². The standard InChI is InChI=1S/C22H29N3O4S/c1-5-25(16-18-6-11-19(12-7-18)22(27)24(3)4)21(26)15-10-17-8-13-20(14-9-17)30(28,29)23-2/h6-9,11-14,23H,5,10,15-16H2,1-4H3. The van der Waals surface area contributed by atoms with Crippen molar-refractivity contribution in [1.29, 1.82) is 0 Å². The molecule has 0 heterocycles. The molecule has 2 aromatic rings. The van der Waals surface area contributed by atoms with Crippen LogP contribution < -0.4 is 4.72 Å². The summed E-state index contributed by atoms with van der Waals surface area (Å²) in [5.41, 5.74) is 2.48. The Bertz CT molecular complexity index is 968. The Morgan fingerprint density at radius 1 is 0.933 bits per heavy atom. The molecule has 0 aliphatic carbocycles. The highest BCUT2D eigenvalue weighted by Crippen LogP contribution is 2.14. The summed E-state index contributed by atoms with van der Waals surface area (Å²) in [6.07, 6.45) is 0.870. The molecule has 0 unspecified atom stereocenters. The highest BCUT2D eigenvalue weighted by atomic mass is 32.2. The van der Waals surface area contributed by atoms with E-state index < -0.39 is 10.0 Å². The fourth-order valence-corrected chi connectivity index (χ4v) is 3.70. The average molecular weight is 432 g/mol. The van der Waals surface area contributed by atoms with Crippen LogP contribution in [-0.2, 0) is 27.8 Å². The van der Waals surface area contributed by atoms with E-state index in [1.165, 1.54) is 11.9 Å². The van der Waals surface area contributed by atoms with E-state index in [9.17, 15) is 18.0 Å². The van der Waals surface area contributed by atoms with Crippen molar-refractivity contribution >= 4 is 21.8 Å². The maximum Gasteiger partial charge on any atom is 0.253 e. The minimum Gasteiger partial charge on any atom is -0.345 e. The third kappa shape index (κ3) is 6.14. The van der Waals surface area contributed by atoms with E-state index in [2.05, 4.69) is 4.72 Å². The molecule has 0 aromatic heterocycles. The van der Waals surface area contributed by atoms with Crippen molar-refractivity contribution in [2.24, 2.45) is 0 Å². The van der Waals surface area contributed by atoms with Crippen LogP contribution in [0.1, 0.15) is 34.8 Å². The van der Waals surface area contributed by atoms with Gasteiger partial charge in [-0.2, -0.15) is 0 Å². The fraction of sp³-hybridized carbons (Fsp3) is 0.364. The zero-order chi connectivity index (χ0) is 22.3. The number of carbonyl (C=O) groups is 2. The fourth-order valence-electron chi connectivity index (χ4n) is 2.97. The Morgan fingerprint density at radius 3 is 2.00 bits per heavy atom. The van der Waals surface area contributed by atoms with E-state index in [-0.39, 0.29) is 16.7 Å². The number of sulfonamides is 1. The van der Waals surface area contributed by atoms with Gasteiger partial charge in [0.25, 0.3) is 5.91 Å². The number of rotatable bonds is 9. The summed E-state index contributed by atoms with van der Waals surface area (Å²) in [4.78, 5) is 28.1. The average Bonchev–Trinajstić information content (AvgIpc) is 2.75. The lowest BCUT2D eigenvalue weighted by atomic mass is 10.1. The van der Waals surface area contributed by atoms with Gasteiger partial charge in [0, 0.05) is 39.2 Å². The van der Waals surface area contributed by atoms with Crippen LogP contribution >= 0.6 is 0 Å². The number of nitrogens with one attached hydrogen (secondary N) is 1. The predicted octanol–water partition coefficient (Wildman–Crippen LogP) is 2.28. The van der Waals surface area contributed by atoms with Crippen LogP contribution in [0.5, 0.6) is 0 Å². The van der Waals surface area contributed by atoms with Crippen LogP contribution in [0.3, 0.4) is 0 Å². The van der Waals surface area contributed by atoms with Gasteiger partial charge in [-0.25, -0.2) is 13.1 Å². The van der Waals surface area contributed by atoms with Gasteiger partial charge in [0.05, 0.1) is 4.90 Å². The number of aryl methyl sites for hydroxylation is 1. The Balaban J connectivity index is 1.96. The third-order valence-electron chi connectivity index (χ3n) is 4.84. The van der Waals surface area contributed by atoms with Crippen LogP contribution in [-0.4, -0.2) is 57.7 Å². The van der Waals surface area contributed by atoms with E-state index in [4.69, 9.17) is 0 Å². The lowest BCUT2D eigenvalue weighted by molar-refractivity contribution is -0.131. The quantitative estimate of drug-likeness (QED) is 0.660. The van der Waals surface area contributed by atoms with Gasteiger partial charge in [-0.3, -0.25) is 9.59 Å². The summed E-state index contributed by atoms with van der Waals surface area (Å²) in [7, 11) is 1.33. The number of amides is 2.